The van der Waals surface area contributed by atoms with Crippen molar-refractivity contribution in [3.05, 3.63) is 0 Å². The minimum absolute atomic E-state index is 0. The molecule has 6 heteroatoms. The maximum atomic E-state index is 11.8. The van der Waals surface area contributed by atoms with Gasteiger partial charge in [0, 0.05) is 39.1 Å². The first-order valence-electron chi connectivity index (χ1n) is 8.92. The molecule has 0 aromatic rings. The molecule has 1 saturated heterocycles. The molecule has 2 saturated carbocycles. The molecule has 132 valence electrons. The Morgan fingerprint density at radius 1 is 1.30 bits per heavy atom. The molecule has 2 N–H and O–H groups in total. The summed E-state index contributed by atoms with van der Waals surface area (Å²) in [7, 11) is 1.84. The molecule has 1 amide bonds. The second-order valence-corrected chi connectivity index (χ2v) is 7.24. The number of rotatable bonds is 5. The zero-order valence-electron chi connectivity index (χ0n) is 14.4. The number of aliphatic imine (C=N–C) groups is 1. The van der Waals surface area contributed by atoms with Gasteiger partial charge in [0.2, 0.25) is 5.91 Å². The Morgan fingerprint density at radius 3 is 2.57 bits per heavy atom. The van der Waals surface area contributed by atoms with Gasteiger partial charge in [-0.15, -0.1) is 24.0 Å². The summed E-state index contributed by atoms with van der Waals surface area (Å²) in [5, 5.41) is 7.05. The summed E-state index contributed by atoms with van der Waals surface area (Å²) in [6.45, 7) is 4.66. The number of carbonyl (C=O) groups is 1. The van der Waals surface area contributed by atoms with Gasteiger partial charge in [-0.1, -0.05) is 13.3 Å². The Bertz CT molecular complexity index is 446. The summed E-state index contributed by atoms with van der Waals surface area (Å²) in [5.74, 6) is 2.12. The molecule has 3 fully saturated rings. The molecular formula is C17H31IN4O. The lowest BCUT2D eigenvalue weighted by atomic mass is 9.65. The van der Waals surface area contributed by atoms with Crippen LogP contribution in [0.25, 0.3) is 0 Å². The van der Waals surface area contributed by atoms with Crippen LogP contribution in [-0.4, -0.2) is 49.5 Å². The fourth-order valence-electron chi connectivity index (χ4n) is 4.03. The van der Waals surface area contributed by atoms with Crippen LogP contribution in [0.2, 0.25) is 0 Å². The van der Waals surface area contributed by atoms with E-state index >= 15 is 0 Å². The lowest BCUT2D eigenvalue weighted by molar-refractivity contribution is -0.129. The molecule has 0 bridgehead atoms. The quantitative estimate of drug-likeness (QED) is 0.397. The normalized spacial score (nSPS) is 26.3. The van der Waals surface area contributed by atoms with Gasteiger partial charge in [-0.3, -0.25) is 9.79 Å². The van der Waals surface area contributed by atoms with Crippen molar-refractivity contribution >= 4 is 35.8 Å². The van der Waals surface area contributed by atoms with Crippen molar-refractivity contribution in [3.63, 3.8) is 0 Å². The molecular weight excluding hydrogens is 403 g/mol. The number of nitrogens with zero attached hydrogens (tertiary/aromatic N) is 2. The summed E-state index contributed by atoms with van der Waals surface area (Å²) >= 11 is 0. The molecule has 3 rings (SSSR count). The van der Waals surface area contributed by atoms with E-state index in [0.717, 1.165) is 37.9 Å². The summed E-state index contributed by atoms with van der Waals surface area (Å²) < 4.78 is 0. The highest BCUT2D eigenvalue weighted by Gasteiger charge is 2.48. The van der Waals surface area contributed by atoms with E-state index in [2.05, 4.69) is 15.6 Å². The molecule has 1 aliphatic heterocycles. The van der Waals surface area contributed by atoms with Gasteiger partial charge in [0.1, 0.15) is 0 Å². The van der Waals surface area contributed by atoms with Gasteiger partial charge in [-0.2, -0.15) is 0 Å². The number of hydrogen-bond donors (Lipinski definition) is 2. The monoisotopic (exact) mass is 434 g/mol. The van der Waals surface area contributed by atoms with Crippen LogP contribution in [0, 0.1) is 11.3 Å². The van der Waals surface area contributed by atoms with Crippen LogP contribution in [0.15, 0.2) is 4.99 Å². The van der Waals surface area contributed by atoms with Crippen molar-refractivity contribution in [1.82, 2.24) is 15.5 Å². The summed E-state index contributed by atoms with van der Waals surface area (Å²) in [4.78, 5) is 18.1. The Labute approximate surface area is 157 Å². The van der Waals surface area contributed by atoms with Crippen molar-refractivity contribution in [1.29, 1.82) is 0 Å². The second kappa shape index (κ2) is 8.03. The number of carbonyl (C=O) groups excluding carboxylic acids is 1. The minimum atomic E-state index is 0. The second-order valence-electron chi connectivity index (χ2n) is 7.24. The highest BCUT2D eigenvalue weighted by Crippen LogP contribution is 2.56. The van der Waals surface area contributed by atoms with E-state index in [-0.39, 0.29) is 29.9 Å². The van der Waals surface area contributed by atoms with Crippen molar-refractivity contribution in [2.24, 2.45) is 16.3 Å². The van der Waals surface area contributed by atoms with Crippen LogP contribution >= 0.6 is 24.0 Å². The van der Waals surface area contributed by atoms with E-state index in [1.807, 2.05) is 18.9 Å². The smallest absolute Gasteiger partial charge is 0.222 e. The third kappa shape index (κ3) is 4.31. The van der Waals surface area contributed by atoms with Crippen molar-refractivity contribution in [2.75, 3.05) is 26.7 Å². The predicted octanol–water partition coefficient (Wildman–Crippen LogP) is 2.36. The first kappa shape index (κ1) is 18.8. The van der Waals surface area contributed by atoms with Gasteiger partial charge in [0.05, 0.1) is 0 Å². The maximum Gasteiger partial charge on any atom is 0.222 e. The maximum absolute atomic E-state index is 11.8. The molecule has 1 atom stereocenters. The molecule has 3 aliphatic rings. The van der Waals surface area contributed by atoms with Gasteiger partial charge in [0.25, 0.3) is 0 Å². The summed E-state index contributed by atoms with van der Waals surface area (Å²) in [6, 6.07) is 0.333. The third-order valence-electron chi connectivity index (χ3n) is 5.81. The van der Waals surface area contributed by atoms with E-state index in [4.69, 9.17) is 0 Å². The van der Waals surface area contributed by atoms with E-state index in [1.165, 1.54) is 32.1 Å². The molecule has 23 heavy (non-hydrogen) atoms. The Morgan fingerprint density at radius 2 is 2.04 bits per heavy atom. The van der Waals surface area contributed by atoms with Gasteiger partial charge in [-0.25, -0.2) is 0 Å². The van der Waals surface area contributed by atoms with Crippen LogP contribution in [0.5, 0.6) is 0 Å². The van der Waals surface area contributed by atoms with Crippen molar-refractivity contribution in [2.45, 2.75) is 57.9 Å². The molecule has 2 aliphatic carbocycles. The van der Waals surface area contributed by atoms with Gasteiger partial charge in [-0.05, 0) is 43.4 Å². The molecule has 0 radical (unpaired) electrons. The number of guanidine groups is 1. The van der Waals surface area contributed by atoms with Gasteiger partial charge < -0.3 is 15.5 Å². The van der Waals surface area contributed by atoms with E-state index in [0.29, 0.717) is 17.9 Å². The largest absolute Gasteiger partial charge is 0.356 e. The highest BCUT2D eigenvalue weighted by molar-refractivity contribution is 14.0. The number of nitrogens with one attached hydrogen (secondary N) is 2. The molecule has 0 aromatic heterocycles. The predicted molar refractivity (Wildman–Crippen MR) is 104 cm³/mol. The van der Waals surface area contributed by atoms with Crippen LogP contribution in [0.3, 0.4) is 0 Å². The molecule has 0 aromatic carbocycles. The zero-order chi connectivity index (χ0) is 15.6. The third-order valence-corrected chi connectivity index (χ3v) is 5.81. The topological polar surface area (TPSA) is 56.7 Å². The van der Waals surface area contributed by atoms with Crippen LogP contribution in [0.1, 0.15) is 51.9 Å². The number of hydrogen-bond acceptors (Lipinski definition) is 2. The lowest BCUT2D eigenvalue weighted by Crippen LogP contribution is -2.50. The molecule has 1 unspecified atom stereocenters. The SMILES string of the molecule is CCC(=O)N1CCC(NC(=NC)NCC2(C3CC3)CCC2)C1.I. The molecule has 0 spiro atoms. The van der Waals surface area contributed by atoms with E-state index in [1.54, 1.807) is 0 Å². The zero-order valence-corrected chi connectivity index (χ0v) is 16.8. The van der Waals surface area contributed by atoms with Crippen LogP contribution < -0.4 is 10.6 Å². The van der Waals surface area contributed by atoms with Crippen LogP contribution in [0.4, 0.5) is 0 Å². The van der Waals surface area contributed by atoms with Crippen molar-refractivity contribution < 1.29 is 4.79 Å². The molecule has 5 nitrogen and oxygen atoms in total. The number of amides is 1. The fraction of sp³-hybridized carbons (Fsp3) is 0.882. The fourth-order valence-corrected chi connectivity index (χ4v) is 4.03. The number of likely N-dealkylation sites (tertiary alicyclic amines) is 1. The van der Waals surface area contributed by atoms with Gasteiger partial charge >= 0.3 is 0 Å². The van der Waals surface area contributed by atoms with E-state index < -0.39 is 0 Å². The lowest BCUT2D eigenvalue weighted by Gasteiger charge is -2.43. The van der Waals surface area contributed by atoms with E-state index in [9.17, 15) is 4.79 Å². The summed E-state index contributed by atoms with van der Waals surface area (Å²) in [6.07, 6.45) is 8.60. The van der Waals surface area contributed by atoms with Gasteiger partial charge in [0.15, 0.2) is 5.96 Å². The van der Waals surface area contributed by atoms with Crippen LogP contribution in [-0.2, 0) is 4.79 Å². The first-order valence-corrected chi connectivity index (χ1v) is 8.92. The highest BCUT2D eigenvalue weighted by atomic mass is 127. The Hall–Kier alpha value is -0.530. The molecule has 1 heterocycles. The number of halogens is 1. The van der Waals surface area contributed by atoms with Crippen molar-refractivity contribution in [3.8, 4) is 0 Å². The average Bonchev–Trinajstić information content (AvgIpc) is 3.23. The average molecular weight is 434 g/mol. The minimum Gasteiger partial charge on any atom is -0.356 e. The Kier molecular flexibility index (Phi) is 6.57. The Balaban J connectivity index is 0.00000192. The first-order chi connectivity index (χ1) is 10.7. The summed E-state index contributed by atoms with van der Waals surface area (Å²) in [5.41, 5.74) is 0.553. The standard InChI is InChI=1S/C17H30N4O.HI/c1-3-15(22)21-10-7-14(11-21)20-16(18-2)19-12-17(8-4-9-17)13-5-6-13;/h13-14H,3-12H2,1-2H3,(H2,18,19,20);1H.